The zero-order chi connectivity index (χ0) is 29.1. The quantitative estimate of drug-likeness (QED) is 0.277. The average Bonchev–Trinajstić information content (AvgIpc) is 3.49. The third-order valence-electron chi connectivity index (χ3n) is 7.48. The first kappa shape index (κ1) is 27.8. The van der Waals surface area contributed by atoms with Crippen molar-refractivity contribution in [3.8, 4) is 22.9 Å². The number of hydrogen-bond donors (Lipinski definition) is 0. The summed E-state index contributed by atoms with van der Waals surface area (Å²) in [6.07, 6.45) is 2.18. The molecule has 3 aromatic carbocycles. The highest BCUT2D eigenvalue weighted by atomic mass is 16.5. The van der Waals surface area contributed by atoms with E-state index in [1.165, 1.54) is 0 Å². The normalized spacial score (nSPS) is 13.8. The highest BCUT2D eigenvalue weighted by molar-refractivity contribution is 6.00. The van der Waals surface area contributed by atoms with Crippen LogP contribution in [0.3, 0.4) is 0 Å². The van der Waals surface area contributed by atoms with Gasteiger partial charge in [0.15, 0.2) is 0 Å². The molecular formula is C33H35N3O5. The summed E-state index contributed by atoms with van der Waals surface area (Å²) in [4.78, 5) is 31.4. The van der Waals surface area contributed by atoms with Crippen molar-refractivity contribution < 1.29 is 23.8 Å². The number of benzene rings is 3. The Balaban J connectivity index is 1.54. The Hall–Kier alpha value is -4.72. The second-order valence-electron chi connectivity index (χ2n) is 10.2. The number of anilines is 1. The largest absolute Gasteiger partial charge is 0.497 e. The monoisotopic (exact) mass is 553 g/mol. The lowest BCUT2D eigenvalue weighted by Crippen LogP contribution is -2.49. The third kappa shape index (κ3) is 5.37. The smallest absolute Gasteiger partial charge is 0.247 e. The molecule has 41 heavy (non-hydrogen) atoms. The molecule has 5 rings (SSSR count). The summed E-state index contributed by atoms with van der Waals surface area (Å²) in [7, 11) is 4.84. The molecule has 0 fully saturated rings. The second kappa shape index (κ2) is 11.8. The summed E-state index contributed by atoms with van der Waals surface area (Å²) in [6, 6.07) is 24.1. The molecule has 1 aliphatic heterocycles. The van der Waals surface area contributed by atoms with E-state index in [0.29, 0.717) is 11.5 Å². The Morgan fingerprint density at radius 2 is 1.51 bits per heavy atom. The van der Waals surface area contributed by atoms with Gasteiger partial charge >= 0.3 is 0 Å². The van der Waals surface area contributed by atoms with Gasteiger partial charge in [-0.1, -0.05) is 24.3 Å². The summed E-state index contributed by atoms with van der Waals surface area (Å²) in [5, 5.41) is 0. The maximum absolute atomic E-state index is 14.4. The maximum atomic E-state index is 14.4. The number of ether oxygens (including phenoxy) is 3. The summed E-state index contributed by atoms with van der Waals surface area (Å²) < 4.78 is 18.7. The standard InChI is InChI=1S/C33H35N3O5/c1-22(2)35(31(37)19-23-12-14-24(39-3)15-13-23)21-32(38)36-28-10-7-6-9-27(28)34-18-8-11-29(34)33(36)26-20-25(40-4)16-17-30(26)41-5/h6-18,20,22,33H,19,21H2,1-5H3. The van der Waals surface area contributed by atoms with E-state index in [9.17, 15) is 9.59 Å². The van der Waals surface area contributed by atoms with Crippen molar-refractivity contribution in [3.63, 3.8) is 0 Å². The van der Waals surface area contributed by atoms with Gasteiger partial charge in [-0.05, 0) is 74.0 Å². The Bertz CT molecular complexity index is 1540. The Kier molecular flexibility index (Phi) is 8.01. The fourth-order valence-electron chi connectivity index (χ4n) is 5.41. The van der Waals surface area contributed by atoms with E-state index in [1.54, 1.807) is 31.1 Å². The molecule has 0 N–H and O–H groups in total. The number of methoxy groups -OCH3 is 3. The Morgan fingerprint density at radius 1 is 0.829 bits per heavy atom. The molecule has 0 bridgehead atoms. The van der Waals surface area contributed by atoms with Gasteiger partial charge in [-0.3, -0.25) is 14.5 Å². The molecular weight excluding hydrogens is 518 g/mol. The van der Waals surface area contributed by atoms with Crippen LogP contribution in [-0.2, 0) is 16.0 Å². The van der Waals surface area contributed by atoms with Gasteiger partial charge in [0.1, 0.15) is 29.8 Å². The minimum absolute atomic E-state index is 0.0789. The topological polar surface area (TPSA) is 73.2 Å². The summed E-state index contributed by atoms with van der Waals surface area (Å²) >= 11 is 0. The van der Waals surface area contributed by atoms with Gasteiger partial charge in [0, 0.05) is 17.8 Å². The van der Waals surface area contributed by atoms with Crippen molar-refractivity contribution in [3.05, 3.63) is 102 Å². The molecule has 0 saturated carbocycles. The second-order valence-corrected chi connectivity index (χ2v) is 10.2. The fourth-order valence-corrected chi connectivity index (χ4v) is 5.41. The van der Waals surface area contributed by atoms with Crippen molar-refractivity contribution in [2.75, 3.05) is 32.8 Å². The van der Waals surface area contributed by atoms with E-state index in [4.69, 9.17) is 14.2 Å². The van der Waals surface area contributed by atoms with Gasteiger partial charge in [0.05, 0.1) is 44.8 Å². The number of fused-ring (bicyclic) bond motifs is 3. The summed E-state index contributed by atoms with van der Waals surface area (Å²) in [6.45, 7) is 3.78. The van der Waals surface area contributed by atoms with Crippen molar-refractivity contribution in [2.24, 2.45) is 0 Å². The molecule has 1 atom stereocenters. The van der Waals surface area contributed by atoms with E-state index in [-0.39, 0.29) is 30.8 Å². The van der Waals surface area contributed by atoms with Crippen LogP contribution in [0.4, 0.5) is 5.69 Å². The van der Waals surface area contributed by atoms with Crippen LogP contribution >= 0.6 is 0 Å². The van der Waals surface area contributed by atoms with E-state index >= 15 is 0 Å². The molecule has 2 amide bonds. The van der Waals surface area contributed by atoms with Crippen molar-refractivity contribution >= 4 is 17.5 Å². The lowest BCUT2D eigenvalue weighted by molar-refractivity contribution is -0.136. The number of para-hydroxylation sites is 2. The molecule has 0 spiro atoms. The molecule has 2 heterocycles. The predicted octanol–water partition coefficient (Wildman–Crippen LogP) is 5.42. The van der Waals surface area contributed by atoms with E-state index in [0.717, 1.165) is 33.9 Å². The number of rotatable bonds is 9. The molecule has 1 aliphatic rings. The van der Waals surface area contributed by atoms with Crippen LogP contribution in [0.1, 0.15) is 36.7 Å². The van der Waals surface area contributed by atoms with Crippen molar-refractivity contribution in [1.82, 2.24) is 9.47 Å². The molecule has 0 radical (unpaired) electrons. The van der Waals surface area contributed by atoms with E-state index < -0.39 is 6.04 Å². The molecule has 212 valence electrons. The average molecular weight is 554 g/mol. The van der Waals surface area contributed by atoms with Crippen LogP contribution in [0.15, 0.2) is 85.1 Å². The molecule has 8 nitrogen and oxygen atoms in total. The lowest BCUT2D eigenvalue weighted by Gasteiger charge is -2.40. The van der Waals surface area contributed by atoms with Gasteiger partial charge < -0.3 is 23.7 Å². The molecule has 0 aliphatic carbocycles. The first-order valence-electron chi connectivity index (χ1n) is 13.6. The summed E-state index contributed by atoms with van der Waals surface area (Å²) in [5.74, 6) is 1.70. The van der Waals surface area contributed by atoms with Gasteiger partial charge in [-0.2, -0.15) is 0 Å². The fraction of sp³-hybridized carbons (Fsp3) is 0.273. The number of aromatic nitrogens is 1. The van der Waals surface area contributed by atoms with Gasteiger partial charge in [0.2, 0.25) is 11.8 Å². The Morgan fingerprint density at radius 3 is 2.17 bits per heavy atom. The Labute approximate surface area is 240 Å². The molecule has 8 heteroatoms. The van der Waals surface area contributed by atoms with Crippen LogP contribution in [0.2, 0.25) is 0 Å². The number of carbonyl (C=O) groups is 2. The van der Waals surface area contributed by atoms with Gasteiger partial charge in [-0.25, -0.2) is 0 Å². The van der Waals surface area contributed by atoms with Crippen LogP contribution in [0, 0.1) is 0 Å². The molecule has 1 unspecified atom stereocenters. The lowest BCUT2D eigenvalue weighted by atomic mass is 9.96. The third-order valence-corrected chi connectivity index (χ3v) is 7.48. The molecule has 4 aromatic rings. The predicted molar refractivity (Wildman–Crippen MR) is 158 cm³/mol. The van der Waals surface area contributed by atoms with Gasteiger partial charge in [-0.15, -0.1) is 0 Å². The van der Waals surface area contributed by atoms with Crippen LogP contribution in [0.25, 0.3) is 5.69 Å². The minimum atomic E-state index is -0.511. The van der Waals surface area contributed by atoms with E-state index in [1.807, 2.05) is 98.9 Å². The maximum Gasteiger partial charge on any atom is 0.247 e. The highest BCUT2D eigenvalue weighted by Gasteiger charge is 2.38. The number of hydrogen-bond acceptors (Lipinski definition) is 5. The number of carbonyl (C=O) groups excluding carboxylic acids is 2. The first-order chi connectivity index (χ1) is 19.9. The summed E-state index contributed by atoms with van der Waals surface area (Å²) in [5.41, 5.74) is 4.19. The minimum Gasteiger partial charge on any atom is -0.497 e. The zero-order valence-corrected chi connectivity index (χ0v) is 24.0. The van der Waals surface area contributed by atoms with Gasteiger partial charge in [0.25, 0.3) is 0 Å². The van der Waals surface area contributed by atoms with Crippen LogP contribution in [0.5, 0.6) is 17.2 Å². The zero-order valence-electron chi connectivity index (χ0n) is 24.0. The molecule has 0 saturated heterocycles. The van der Waals surface area contributed by atoms with Crippen LogP contribution < -0.4 is 19.1 Å². The SMILES string of the molecule is COc1ccc(CC(=O)N(CC(=O)N2c3ccccc3-n3cccc3C2c2cc(OC)ccc2OC)C(C)C)cc1. The van der Waals surface area contributed by atoms with Crippen molar-refractivity contribution in [2.45, 2.75) is 32.4 Å². The van der Waals surface area contributed by atoms with E-state index in [2.05, 4.69) is 4.57 Å². The van der Waals surface area contributed by atoms with Crippen LogP contribution in [-0.4, -0.2) is 55.2 Å². The number of amides is 2. The molecule has 1 aromatic heterocycles. The number of nitrogens with zero attached hydrogens (tertiary/aromatic N) is 3. The first-order valence-corrected chi connectivity index (χ1v) is 13.6. The van der Waals surface area contributed by atoms with Crippen molar-refractivity contribution in [1.29, 1.82) is 0 Å². The highest BCUT2D eigenvalue weighted by Crippen LogP contribution is 2.45.